The average molecular weight is 307 g/mol. The van der Waals surface area contributed by atoms with Crippen molar-refractivity contribution in [3.63, 3.8) is 0 Å². The summed E-state index contributed by atoms with van der Waals surface area (Å²) in [6.07, 6.45) is 2.93. The maximum atomic E-state index is 14.1. The van der Waals surface area contributed by atoms with Gasteiger partial charge in [0.1, 0.15) is 5.82 Å². The van der Waals surface area contributed by atoms with E-state index in [2.05, 4.69) is 28.2 Å². The molecule has 16 heavy (non-hydrogen) atoms. The first kappa shape index (κ1) is 12.3. The molecule has 1 nitrogen and oxygen atoms in total. The van der Waals surface area contributed by atoms with Crippen molar-refractivity contribution >= 4 is 27.5 Å². The van der Waals surface area contributed by atoms with Crippen LogP contribution in [-0.4, -0.2) is 6.54 Å². The van der Waals surface area contributed by atoms with Crippen LogP contribution in [0.2, 0.25) is 5.02 Å². The molecule has 0 radical (unpaired) electrons. The molecule has 1 fully saturated rings. The van der Waals surface area contributed by atoms with E-state index in [4.69, 9.17) is 11.6 Å². The van der Waals surface area contributed by atoms with Gasteiger partial charge in [-0.05, 0) is 47.8 Å². The maximum absolute atomic E-state index is 14.1. The van der Waals surface area contributed by atoms with Gasteiger partial charge in [0, 0.05) is 15.6 Å². The summed E-state index contributed by atoms with van der Waals surface area (Å²) in [6, 6.07) is 3.64. The number of halogens is 3. The number of hydrogen-bond acceptors (Lipinski definition) is 1. The Labute approximate surface area is 109 Å². The zero-order chi connectivity index (χ0) is 11.8. The van der Waals surface area contributed by atoms with Crippen LogP contribution in [0.25, 0.3) is 0 Å². The molecule has 0 spiro atoms. The van der Waals surface area contributed by atoms with Crippen molar-refractivity contribution < 1.29 is 4.39 Å². The van der Waals surface area contributed by atoms with E-state index in [9.17, 15) is 4.39 Å². The van der Waals surface area contributed by atoms with E-state index in [1.165, 1.54) is 0 Å². The Balaban J connectivity index is 2.51. The molecule has 1 aromatic carbocycles. The molecule has 0 bridgehead atoms. The van der Waals surface area contributed by atoms with Gasteiger partial charge in [0.2, 0.25) is 0 Å². The Kier molecular flexibility index (Phi) is 3.57. The van der Waals surface area contributed by atoms with Crippen molar-refractivity contribution in [1.82, 2.24) is 5.32 Å². The van der Waals surface area contributed by atoms with Gasteiger partial charge in [-0.25, -0.2) is 4.39 Å². The fraction of sp³-hybridized carbons (Fsp3) is 0.500. The summed E-state index contributed by atoms with van der Waals surface area (Å²) in [5, 5.41) is 3.59. The largest absolute Gasteiger partial charge is 0.307 e. The van der Waals surface area contributed by atoms with Crippen LogP contribution in [0.4, 0.5) is 4.39 Å². The van der Waals surface area contributed by atoms with E-state index in [1.807, 2.05) is 12.1 Å². The Morgan fingerprint density at radius 1 is 1.56 bits per heavy atom. The van der Waals surface area contributed by atoms with Crippen molar-refractivity contribution in [2.24, 2.45) is 0 Å². The molecular weight excluding hydrogens is 292 g/mol. The van der Waals surface area contributed by atoms with E-state index < -0.39 is 0 Å². The molecule has 1 heterocycles. The van der Waals surface area contributed by atoms with Gasteiger partial charge in [-0.3, -0.25) is 0 Å². The van der Waals surface area contributed by atoms with Gasteiger partial charge in [-0.1, -0.05) is 24.6 Å². The van der Waals surface area contributed by atoms with Crippen molar-refractivity contribution in [2.45, 2.75) is 31.7 Å². The zero-order valence-corrected chi connectivity index (χ0v) is 11.5. The van der Waals surface area contributed by atoms with Crippen LogP contribution in [0.1, 0.15) is 31.7 Å². The Bertz CT molecular complexity index is 402. The van der Waals surface area contributed by atoms with Crippen LogP contribution in [0, 0.1) is 5.82 Å². The number of benzene rings is 1. The third kappa shape index (κ3) is 1.89. The van der Waals surface area contributed by atoms with E-state index >= 15 is 0 Å². The fourth-order valence-electron chi connectivity index (χ4n) is 2.42. The van der Waals surface area contributed by atoms with Gasteiger partial charge >= 0.3 is 0 Å². The topological polar surface area (TPSA) is 12.0 Å². The molecule has 0 amide bonds. The highest BCUT2D eigenvalue weighted by atomic mass is 79.9. The Morgan fingerprint density at radius 3 is 2.88 bits per heavy atom. The summed E-state index contributed by atoms with van der Waals surface area (Å²) >= 11 is 9.17. The molecule has 1 aliphatic heterocycles. The minimum atomic E-state index is -0.299. The highest BCUT2D eigenvalue weighted by Crippen LogP contribution is 2.39. The smallest absolute Gasteiger partial charge is 0.147 e. The lowest BCUT2D eigenvalue weighted by Gasteiger charge is -2.29. The number of rotatable bonds is 2. The summed E-state index contributed by atoms with van der Waals surface area (Å²) < 4.78 is 14.8. The van der Waals surface area contributed by atoms with E-state index in [-0.39, 0.29) is 16.4 Å². The summed E-state index contributed by atoms with van der Waals surface area (Å²) in [5.74, 6) is -0.299. The third-order valence-electron chi connectivity index (χ3n) is 3.40. The van der Waals surface area contributed by atoms with Gasteiger partial charge in [-0.2, -0.15) is 0 Å². The molecule has 1 aromatic rings. The highest BCUT2D eigenvalue weighted by Gasteiger charge is 2.36. The minimum Gasteiger partial charge on any atom is -0.307 e. The molecule has 0 saturated carbocycles. The Morgan fingerprint density at radius 2 is 2.31 bits per heavy atom. The monoisotopic (exact) mass is 305 g/mol. The molecule has 1 unspecified atom stereocenters. The predicted octanol–water partition coefficient (Wildman–Crippen LogP) is 4.23. The third-order valence-corrected chi connectivity index (χ3v) is 4.66. The molecular formula is C12H14BrClFN. The van der Waals surface area contributed by atoms with Crippen LogP contribution in [0.15, 0.2) is 16.6 Å². The molecule has 1 saturated heterocycles. The average Bonchev–Trinajstić information content (AvgIpc) is 2.76. The molecule has 4 heteroatoms. The summed E-state index contributed by atoms with van der Waals surface area (Å²) in [4.78, 5) is 0. The van der Waals surface area contributed by atoms with Crippen molar-refractivity contribution in [3.8, 4) is 0 Å². The van der Waals surface area contributed by atoms with Crippen LogP contribution in [0.5, 0.6) is 0 Å². The lowest BCUT2D eigenvalue weighted by Crippen LogP contribution is -2.36. The van der Waals surface area contributed by atoms with E-state index in [1.54, 1.807) is 0 Å². The van der Waals surface area contributed by atoms with Gasteiger partial charge in [0.25, 0.3) is 0 Å². The second-order valence-corrected chi connectivity index (χ2v) is 5.42. The maximum Gasteiger partial charge on any atom is 0.147 e. The van der Waals surface area contributed by atoms with Gasteiger partial charge in [0.15, 0.2) is 0 Å². The first-order chi connectivity index (χ1) is 7.60. The summed E-state index contributed by atoms with van der Waals surface area (Å²) in [5.41, 5.74) is 0.467. The molecule has 1 N–H and O–H groups in total. The Hall–Kier alpha value is -0.120. The quantitative estimate of drug-likeness (QED) is 0.806. The second-order valence-electron chi connectivity index (χ2n) is 4.19. The van der Waals surface area contributed by atoms with Crippen molar-refractivity contribution in [3.05, 3.63) is 33.0 Å². The molecule has 1 atom stereocenters. The molecule has 0 aromatic heterocycles. The molecule has 1 aliphatic rings. The van der Waals surface area contributed by atoms with Crippen LogP contribution in [0.3, 0.4) is 0 Å². The SMILES string of the molecule is CCC1(c2ccc(Br)c(Cl)c2F)CCCN1. The van der Waals surface area contributed by atoms with Crippen LogP contribution in [-0.2, 0) is 5.54 Å². The standard InChI is InChI=1S/C12H14BrClFN/c1-2-12(6-3-7-16-12)8-4-5-9(13)10(14)11(8)15/h4-5,16H,2-3,6-7H2,1H3. The van der Waals surface area contributed by atoms with E-state index in [0.29, 0.717) is 10.0 Å². The first-order valence-corrected chi connectivity index (χ1v) is 6.67. The summed E-state index contributed by atoms with van der Waals surface area (Å²) in [6.45, 7) is 3.02. The normalized spacial score (nSPS) is 25.0. The number of nitrogens with one attached hydrogen (secondary N) is 1. The lowest BCUT2D eigenvalue weighted by molar-refractivity contribution is 0.359. The minimum absolute atomic E-state index is 0.180. The molecule has 2 rings (SSSR count). The second kappa shape index (κ2) is 4.63. The highest BCUT2D eigenvalue weighted by molar-refractivity contribution is 9.10. The van der Waals surface area contributed by atoms with E-state index in [0.717, 1.165) is 25.8 Å². The summed E-state index contributed by atoms with van der Waals surface area (Å²) in [7, 11) is 0. The fourth-order valence-corrected chi connectivity index (χ4v) is 2.89. The zero-order valence-electron chi connectivity index (χ0n) is 9.12. The van der Waals surface area contributed by atoms with Gasteiger partial charge < -0.3 is 5.32 Å². The van der Waals surface area contributed by atoms with Gasteiger partial charge in [0.05, 0.1) is 5.02 Å². The predicted molar refractivity (Wildman–Crippen MR) is 68.3 cm³/mol. The molecule has 0 aliphatic carbocycles. The number of hydrogen-bond donors (Lipinski definition) is 1. The molecule has 88 valence electrons. The van der Waals surface area contributed by atoms with Gasteiger partial charge in [-0.15, -0.1) is 0 Å². The van der Waals surface area contributed by atoms with Crippen molar-refractivity contribution in [2.75, 3.05) is 6.54 Å². The first-order valence-electron chi connectivity index (χ1n) is 5.50. The van der Waals surface area contributed by atoms with Crippen LogP contribution < -0.4 is 5.32 Å². The van der Waals surface area contributed by atoms with Crippen LogP contribution >= 0.6 is 27.5 Å². The van der Waals surface area contributed by atoms with Crippen molar-refractivity contribution in [1.29, 1.82) is 0 Å². The lowest BCUT2D eigenvalue weighted by atomic mass is 9.85.